The average Bonchev–Trinajstić information content (AvgIpc) is 3.39. The minimum absolute atomic E-state index is 0.00854. The van der Waals surface area contributed by atoms with Crippen molar-refractivity contribution in [3.8, 4) is 0 Å². The van der Waals surface area contributed by atoms with Crippen molar-refractivity contribution in [3.63, 3.8) is 0 Å². The molecule has 27 heavy (non-hydrogen) atoms. The summed E-state index contributed by atoms with van der Waals surface area (Å²) in [6, 6.07) is 8.56. The summed E-state index contributed by atoms with van der Waals surface area (Å²) < 4.78 is 41.0. The molecule has 0 spiro atoms. The normalized spacial score (nSPS) is 14.2. The van der Waals surface area contributed by atoms with E-state index in [1.54, 1.807) is 18.2 Å². The topological polar surface area (TPSA) is 75.3 Å². The fraction of sp³-hybridized carbons (Fsp3) is 0.278. The van der Waals surface area contributed by atoms with Gasteiger partial charge < -0.3 is 5.32 Å². The number of rotatable bonds is 7. The van der Waals surface area contributed by atoms with Crippen molar-refractivity contribution in [2.45, 2.75) is 30.2 Å². The van der Waals surface area contributed by atoms with Gasteiger partial charge in [0.05, 0.1) is 15.6 Å². The Morgan fingerprint density at radius 1 is 1.15 bits per heavy atom. The van der Waals surface area contributed by atoms with Crippen LogP contribution in [0.15, 0.2) is 41.3 Å². The molecule has 0 radical (unpaired) electrons. The van der Waals surface area contributed by atoms with Crippen molar-refractivity contribution < 1.29 is 17.6 Å². The lowest BCUT2D eigenvalue weighted by molar-refractivity contribution is 0.0954. The highest BCUT2D eigenvalue weighted by atomic mass is 35.5. The van der Waals surface area contributed by atoms with E-state index in [0.717, 1.165) is 18.9 Å². The van der Waals surface area contributed by atoms with Crippen molar-refractivity contribution in [2.75, 3.05) is 6.54 Å². The van der Waals surface area contributed by atoms with Crippen LogP contribution < -0.4 is 10.0 Å². The van der Waals surface area contributed by atoms with E-state index in [4.69, 9.17) is 23.2 Å². The zero-order valence-corrected chi connectivity index (χ0v) is 16.5. The van der Waals surface area contributed by atoms with Gasteiger partial charge in [-0.3, -0.25) is 4.79 Å². The predicted molar refractivity (Wildman–Crippen MR) is 102 cm³/mol. The first kappa shape index (κ1) is 20.1. The minimum atomic E-state index is -3.84. The van der Waals surface area contributed by atoms with Crippen LogP contribution in [0.25, 0.3) is 0 Å². The predicted octanol–water partition coefficient (Wildman–Crippen LogP) is 3.55. The molecule has 0 atom stereocenters. The Balaban J connectivity index is 1.74. The number of halogens is 3. The number of sulfonamides is 1. The van der Waals surface area contributed by atoms with Crippen molar-refractivity contribution in [1.82, 2.24) is 10.0 Å². The number of nitrogens with one attached hydrogen (secondary N) is 2. The van der Waals surface area contributed by atoms with Crippen molar-refractivity contribution >= 4 is 39.1 Å². The molecule has 144 valence electrons. The monoisotopic (exact) mass is 430 g/mol. The molecule has 0 unspecified atom stereocenters. The third kappa shape index (κ3) is 4.99. The Morgan fingerprint density at radius 2 is 1.85 bits per heavy atom. The van der Waals surface area contributed by atoms with Crippen LogP contribution in [-0.2, 0) is 16.4 Å². The van der Waals surface area contributed by atoms with Gasteiger partial charge in [0, 0.05) is 12.6 Å². The number of hydrogen-bond acceptors (Lipinski definition) is 3. The van der Waals surface area contributed by atoms with E-state index in [-0.39, 0.29) is 45.3 Å². The summed E-state index contributed by atoms with van der Waals surface area (Å²) in [4.78, 5) is 12.2. The lowest BCUT2D eigenvalue weighted by Gasteiger charge is -2.12. The first-order valence-corrected chi connectivity index (χ1v) is 10.5. The van der Waals surface area contributed by atoms with E-state index in [1.807, 2.05) is 0 Å². The lowest BCUT2D eigenvalue weighted by atomic mass is 10.1. The largest absolute Gasteiger partial charge is 0.352 e. The maximum Gasteiger partial charge on any atom is 0.252 e. The summed E-state index contributed by atoms with van der Waals surface area (Å²) in [5, 5.41) is 2.60. The van der Waals surface area contributed by atoms with Crippen LogP contribution in [0.2, 0.25) is 10.0 Å². The Kier molecular flexibility index (Phi) is 6.05. The summed E-state index contributed by atoms with van der Waals surface area (Å²) in [7, 11) is -3.84. The van der Waals surface area contributed by atoms with Gasteiger partial charge >= 0.3 is 0 Å². The molecular formula is C18H17Cl2FN2O3S. The van der Waals surface area contributed by atoms with E-state index >= 15 is 0 Å². The van der Waals surface area contributed by atoms with Crippen LogP contribution in [0, 0.1) is 5.82 Å². The summed E-state index contributed by atoms with van der Waals surface area (Å²) in [6.07, 6.45) is 1.83. The second-order valence-electron chi connectivity index (χ2n) is 6.26. The fourth-order valence-corrected chi connectivity index (χ4v) is 4.66. The third-order valence-corrected chi connectivity index (χ3v) is 6.39. The highest BCUT2D eigenvalue weighted by molar-refractivity contribution is 7.89. The average molecular weight is 431 g/mol. The molecule has 2 N–H and O–H groups in total. The smallest absolute Gasteiger partial charge is 0.252 e. The molecule has 0 heterocycles. The Hall–Kier alpha value is -1.67. The Morgan fingerprint density at radius 3 is 2.52 bits per heavy atom. The molecule has 1 aliphatic rings. The van der Waals surface area contributed by atoms with Crippen LogP contribution in [0.4, 0.5) is 4.39 Å². The van der Waals surface area contributed by atoms with Crippen LogP contribution >= 0.6 is 23.2 Å². The molecule has 2 aromatic rings. The SMILES string of the molecule is O=C(NCCc1ccccc1F)c1cc(S(=O)(=O)NC2CC2)c(Cl)cc1Cl. The van der Waals surface area contributed by atoms with Gasteiger partial charge in [-0.15, -0.1) is 0 Å². The zero-order chi connectivity index (χ0) is 19.6. The molecule has 9 heteroatoms. The van der Waals surface area contributed by atoms with Gasteiger partial charge in [-0.05, 0) is 43.0 Å². The quantitative estimate of drug-likeness (QED) is 0.704. The highest BCUT2D eigenvalue weighted by Crippen LogP contribution is 2.30. The molecule has 2 aromatic carbocycles. The molecular weight excluding hydrogens is 414 g/mol. The molecule has 1 saturated carbocycles. The number of benzene rings is 2. The first-order valence-electron chi connectivity index (χ1n) is 8.31. The summed E-state index contributed by atoms with van der Waals surface area (Å²) in [5.41, 5.74) is 0.461. The Labute approximate surface area is 166 Å². The van der Waals surface area contributed by atoms with Gasteiger partial charge in [0.15, 0.2) is 0 Å². The molecule has 1 aliphatic carbocycles. The van der Waals surface area contributed by atoms with E-state index < -0.39 is 15.9 Å². The zero-order valence-electron chi connectivity index (χ0n) is 14.1. The standard InChI is InChI=1S/C18H17Cl2FN2O3S/c19-14-10-15(20)17(27(25,26)23-12-5-6-12)9-13(14)18(24)22-8-7-11-3-1-2-4-16(11)21/h1-4,9-10,12,23H,5-8H2,(H,22,24). The maximum absolute atomic E-state index is 13.6. The second kappa shape index (κ2) is 8.14. The number of amides is 1. The summed E-state index contributed by atoms with van der Waals surface area (Å²) >= 11 is 12.1. The highest BCUT2D eigenvalue weighted by Gasteiger charge is 2.30. The molecule has 0 aromatic heterocycles. The van der Waals surface area contributed by atoms with Gasteiger partial charge in [-0.25, -0.2) is 17.5 Å². The maximum atomic E-state index is 13.6. The molecule has 1 fully saturated rings. The van der Waals surface area contributed by atoms with E-state index in [2.05, 4.69) is 10.0 Å². The van der Waals surface area contributed by atoms with Crippen LogP contribution in [0.5, 0.6) is 0 Å². The minimum Gasteiger partial charge on any atom is -0.352 e. The molecule has 0 bridgehead atoms. The van der Waals surface area contributed by atoms with Crippen molar-refractivity contribution in [2.24, 2.45) is 0 Å². The van der Waals surface area contributed by atoms with E-state index in [0.29, 0.717) is 5.56 Å². The lowest BCUT2D eigenvalue weighted by Crippen LogP contribution is -2.28. The van der Waals surface area contributed by atoms with Crippen LogP contribution in [0.1, 0.15) is 28.8 Å². The van der Waals surface area contributed by atoms with Gasteiger partial charge in [-0.2, -0.15) is 0 Å². The Bertz CT molecular complexity index is 979. The van der Waals surface area contributed by atoms with Crippen molar-refractivity contribution in [3.05, 3.63) is 63.4 Å². The molecule has 3 rings (SSSR count). The summed E-state index contributed by atoms with van der Waals surface area (Å²) in [5.74, 6) is -0.910. The molecule has 1 amide bonds. The number of hydrogen-bond donors (Lipinski definition) is 2. The van der Waals surface area contributed by atoms with Gasteiger partial charge in [-0.1, -0.05) is 41.4 Å². The number of carbonyl (C=O) groups excluding carboxylic acids is 1. The third-order valence-electron chi connectivity index (χ3n) is 4.09. The molecule has 0 aliphatic heterocycles. The van der Waals surface area contributed by atoms with Crippen LogP contribution in [-0.4, -0.2) is 26.9 Å². The number of carbonyl (C=O) groups is 1. The second-order valence-corrected chi connectivity index (χ2v) is 8.75. The molecule has 5 nitrogen and oxygen atoms in total. The first-order chi connectivity index (χ1) is 12.8. The van der Waals surface area contributed by atoms with Gasteiger partial charge in [0.25, 0.3) is 5.91 Å². The van der Waals surface area contributed by atoms with Crippen LogP contribution in [0.3, 0.4) is 0 Å². The van der Waals surface area contributed by atoms with Crippen molar-refractivity contribution in [1.29, 1.82) is 0 Å². The van der Waals surface area contributed by atoms with Gasteiger partial charge in [0.2, 0.25) is 10.0 Å². The van der Waals surface area contributed by atoms with Gasteiger partial charge in [0.1, 0.15) is 10.7 Å². The van der Waals surface area contributed by atoms with E-state index in [1.165, 1.54) is 12.1 Å². The van der Waals surface area contributed by atoms with E-state index in [9.17, 15) is 17.6 Å². The molecule has 0 saturated heterocycles. The summed E-state index contributed by atoms with van der Waals surface area (Å²) in [6.45, 7) is 0.168. The fourth-order valence-electron chi connectivity index (χ4n) is 2.50.